The number of ether oxygens (including phenoxy) is 2. The first-order chi connectivity index (χ1) is 10.9. The number of hydrogen-bond acceptors (Lipinski definition) is 5. The number of aryl methyl sites for hydroxylation is 3. The molecule has 1 N–H and O–H groups in total. The Labute approximate surface area is 134 Å². The average molecular weight is 317 g/mol. The lowest BCUT2D eigenvalue weighted by molar-refractivity contribution is 0.102. The van der Waals surface area contributed by atoms with Gasteiger partial charge in [0.05, 0.1) is 19.8 Å². The van der Waals surface area contributed by atoms with Gasteiger partial charge in [-0.25, -0.2) is 4.79 Å². The average Bonchev–Trinajstić information content (AvgIpc) is 2.47. The molecule has 2 aromatic rings. The van der Waals surface area contributed by atoms with Crippen LogP contribution in [0.5, 0.6) is 11.5 Å². The van der Waals surface area contributed by atoms with E-state index in [4.69, 9.17) is 13.9 Å². The van der Waals surface area contributed by atoms with Gasteiger partial charge in [-0.2, -0.15) is 0 Å². The van der Waals surface area contributed by atoms with Crippen molar-refractivity contribution in [3.63, 3.8) is 0 Å². The van der Waals surface area contributed by atoms with Gasteiger partial charge in [-0.05, 0) is 38.0 Å². The number of carbonyl (C=O) groups is 1. The summed E-state index contributed by atoms with van der Waals surface area (Å²) < 4.78 is 15.5. The summed E-state index contributed by atoms with van der Waals surface area (Å²) >= 11 is 0. The van der Waals surface area contributed by atoms with Crippen LogP contribution in [-0.2, 0) is 0 Å². The van der Waals surface area contributed by atoms with Crippen molar-refractivity contribution in [2.45, 2.75) is 20.8 Å². The summed E-state index contributed by atoms with van der Waals surface area (Å²) in [5.41, 5.74) is 1.85. The maximum Gasteiger partial charge on any atom is 0.336 e. The van der Waals surface area contributed by atoms with Gasteiger partial charge >= 0.3 is 5.63 Å². The van der Waals surface area contributed by atoms with E-state index in [-0.39, 0.29) is 11.7 Å². The topological polar surface area (TPSA) is 77.8 Å². The fourth-order valence-electron chi connectivity index (χ4n) is 2.40. The molecule has 0 unspecified atom stereocenters. The number of methoxy groups -OCH3 is 2. The van der Waals surface area contributed by atoms with Crippen molar-refractivity contribution in [1.82, 2.24) is 0 Å². The fourth-order valence-corrected chi connectivity index (χ4v) is 2.40. The van der Waals surface area contributed by atoms with Crippen LogP contribution in [0.4, 0.5) is 5.69 Å². The van der Waals surface area contributed by atoms with Gasteiger partial charge in [0.2, 0.25) is 0 Å². The Hall–Kier alpha value is -2.76. The number of carbonyl (C=O) groups excluding carboxylic acids is 1. The summed E-state index contributed by atoms with van der Waals surface area (Å²) in [5.74, 6) is 1.03. The van der Waals surface area contributed by atoms with Gasteiger partial charge in [0.1, 0.15) is 5.76 Å². The third kappa shape index (κ3) is 3.36. The van der Waals surface area contributed by atoms with Gasteiger partial charge < -0.3 is 19.2 Å². The van der Waals surface area contributed by atoms with Crippen LogP contribution in [0.25, 0.3) is 0 Å². The molecule has 0 saturated carbocycles. The van der Waals surface area contributed by atoms with Gasteiger partial charge in [0, 0.05) is 17.8 Å². The molecule has 0 bridgehead atoms. The molecule has 0 spiro atoms. The summed E-state index contributed by atoms with van der Waals surface area (Å²) in [6.07, 6.45) is 0. The quantitative estimate of drug-likeness (QED) is 0.938. The van der Waals surface area contributed by atoms with E-state index in [0.29, 0.717) is 28.3 Å². The highest BCUT2D eigenvalue weighted by molar-refractivity contribution is 6.06. The number of hydrogen-bond donors (Lipinski definition) is 1. The van der Waals surface area contributed by atoms with E-state index in [2.05, 4.69) is 5.32 Å². The molecule has 0 atom stereocenters. The number of anilines is 1. The van der Waals surface area contributed by atoms with E-state index in [1.165, 1.54) is 13.2 Å². The third-order valence-corrected chi connectivity index (χ3v) is 3.54. The van der Waals surface area contributed by atoms with Gasteiger partial charge in [-0.15, -0.1) is 0 Å². The number of benzene rings is 1. The SMILES string of the molecule is COc1cc(C)c(NC(=O)c2c(C)cc(=O)oc2C)cc1OC. The molecular weight excluding hydrogens is 298 g/mol. The summed E-state index contributed by atoms with van der Waals surface area (Å²) in [5, 5.41) is 2.82. The molecule has 6 heteroatoms. The largest absolute Gasteiger partial charge is 0.493 e. The van der Waals surface area contributed by atoms with E-state index in [9.17, 15) is 9.59 Å². The van der Waals surface area contributed by atoms with Crippen LogP contribution in [0.1, 0.15) is 27.2 Å². The Bertz CT molecular complexity index is 781. The van der Waals surface area contributed by atoms with Crippen LogP contribution in [0.2, 0.25) is 0 Å². The van der Waals surface area contributed by atoms with Gasteiger partial charge in [0.25, 0.3) is 5.91 Å². The van der Waals surface area contributed by atoms with E-state index in [1.54, 1.807) is 33.1 Å². The first-order valence-electron chi connectivity index (χ1n) is 7.02. The predicted molar refractivity (Wildman–Crippen MR) is 86.7 cm³/mol. The smallest absolute Gasteiger partial charge is 0.336 e. The molecule has 23 heavy (non-hydrogen) atoms. The molecule has 1 aromatic carbocycles. The minimum atomic E-state index is -0.473. The van der Waals surface area contributed by atoms with Gasteiger partial charge in [0.15, 0.2) is 11.5 Å². The number of amides is 1. The zero-order chi connectivity index (χ0) is 17.1. The lowest BCUT2D eigenvalue weighted by atomic mass is 10.1. The molecule has 1 heterocycles. The Morgan fingerprint density at radius 3 is 2.17 bits per heavy atom. The zero-order valence-electron chi connectivity index (χ0n) is 13.8. The first-order valence-corrected chi connectivity index (χ1v) is 7.02. The fraction of sp³-hybridized carbons (Fsp3) is 0.294. The van der Waals surface area contributed by atoms with E-state index < -0.39 is 5.63 Å². The standard InChI is InChI=1S/C17H19NO5/c1-9-6-13(21-4)14(22-5)8-12(9)18-17(20)16-10(2)7-15(19)23-11(16)3/h6-8H,1-5H3,(H,18,20). The third-order valence-electron chi connectivity index (χ3n) is 3.54. The summed E-state index contributed by atoms with van der Waals surface area (Å²) in [6.45, 7) is 5.13. The molecule has 0 aliphatic rings. The Morgan fingerprint density at radius 1 is 1.00 bits per heavy atom. The van der Waals surface area contributed by atoms with Crippen LogP contribution in [0.15, 0.2) is 27.4 Å². The summed E-state index contributed by atoms with van der Waals surface area (Å²) in [6, 6.07) is 4.76. The highest BCUT2D eigenvalue weighted by Gasteiger charge is 2.17. The molecule has 1 amide bonds. The summed E-state index contributed by atoms with van der Waals surface area (Å²) in [4.78, 5) is 23.9. The van der Waals surface area contributed by atoms with E-state index in [0.717, 1.165) is 5.56 Å². The van der Waals surface area contributed by atoms with Crippen LogP contribution in [-0.4, -0.2) is 20.1 Å². The normalized spacial score (nSPS) is 10.3. The van der Waals surface area contributed by atoms with Crippen LogP contribution < -0.4 is 20.4 Å². The first kappa shape index (κ1) is 16.6. The molecular formula is C17H19NO5. The second-order valence-electron chi connectivity index (χ2n) is 5.16. The lowest BCUT2D eigenvalue weighted by Gasteiger charge is -2.14. The highest BCUT2D eigenvalue weighted by Crippen LogP contribution is 2.33. The van der Waals surface area contributed by atoms with Gasteiger partial charge in [-0.3, -0.25) is 4.79 Å². The molecule has 2 rings (SSSR count). The van der Waals surface area contributed by atoms with E-state index in [1.807, 2.05) is 6.92 Å². The molecule has 1 aromatic heterocycles. The molecule has 0 aliphatic heterocycles. The lowest BCUT2D eigenvalue weighted by Crippen LogP contribution is -2.18. The molecule has 0 radical (unpaired) electrons. The van der Waals surface area contributed by atoms with Crippen molar-refractivity contribution in [2.24, 2.45) is 0 Å². The number of rotatable bonds is 4. The van der Waals surface area contributed by atoms with Crippen molar-refractivity contribution < 1.29 is 18.7 Å². The molecule has 122 valence electrons. The van der Waals surface area contributed by atoms with Crippen molar-refractivity contribution in [1.29, 1.82) is 0 Å². The number of nitrogens with one attached hydrogen (secondary N) is 1. The minimum absolute atomic E-state index is 0.283. The summed E-state index contributed by atoms with van der Waals surface area (Å²) in [7, 11) is 3.08. The van der Waals surface area contributed by atoms with Crippen molar-refractivity contribution in [2.75, 3.05) is 19.5 Å². The second kappa shape index (κ2) is 6.56. The maximum absolute atomic E-state index is 12.5. The van der Waals surface area contributed by atoms with Crippen LogP contribution in [0, 0.1) is 20.8 Å². The minimum Gasteiger partial charge on any atom is -0.493 e. The zero-order valence-corrected chi connectivity index (χ0v) is 13.8. The highest BCUT2D eigenvalue weighted by atomic mass is 16.5. The Morgan fingerprint density at radius 2 is 1.61 bits per heavy atom. The van der Waals surface area contributed by atoms with Gasteiger partial charge in [-0.1, -0.05) is 0 Å². The van der Waals surface area contributed by atoms with E-state index >= 15 is 0 Å². The monoisotopic (exact) mass is 317 g/mol. The maximum atomic E-state index is 12.5. The Balaban J connectivity index is 2.40. The van der Waals surface area contributed by atoms with Crippen molar-refractivity contribution in [3.05, 3.63) is 51.1 Å². The van der Waals surface area contributed by atoms with Crippen LogP contribution >= 0.6 is 0 Å². The van der Waals surface area contributed by atoms with Crippen molar-refractivity contribution >= 4 is 11.6 Å². The molecule has 0 saturated heterocycles. The second-order valence-corrected chi connectivity index (χ2v) is 5.16. The Kier molecular flexibility index (Phi) is 4.74. The van der Waals surface area contributed by atoms with Crippen molar-refractivity contribution in [3.8, 4) is 11.5 Å². The molecule has 0 aliphatic carbocycles. The van der Waals surface area contributed by atoms with Crippen LogP contribution in [0.3, 0.4) is 0 Å². The predicted octanol–water partition coefficient (Wildman–Crippen LogP) is 2.83. The molecule has 0 fully saturated rings. The molecule has 6 nitrogen and oxygen atoms in total.